The van der Waals surface area contributed by atoms with Crippen molar-refractivity contribution in [2.24, 2.45) is 5.73 Å². The molecular weight excluding hydrogens is 206 g/mol. The number of tetrazole rings is 1. The summed E-state index contributed by atoms with van der Waals surface area (Å²) in [5.74, 6) is 0.510. The fourth-order valence-corrected chi connectivity index (χ4v) is 1.39. The SMILES string of the molecule is CC(N)(CO)c1cccc(-c2nn[nH]n2)c1. The Kier molecular flexibility index (Phi) is 2.67. The number of aliphatic hydroxyl groups is 1. The molecule has 0 amide bonds. The molecule has 1 atom stereocenters. The number of hydrogen-bond acceptors (Lipinski definition) is 5. The lowest BCUT2D eigenvalue weighted by molar-refractivity contribution is 0.210. The minimum atomic E-state index is -0.764. The summed E-state index contributed by atoms with van der Waals surface area (Å²) < 4.78 is 0. The first-order valence-corrected chi connectivity index (χ1v) is 4.87. The molecule has 0 aliphatic rings. The Hall–Kier alpha value is -1.79. The van der Waals surface area contributed by atoms with E-state index in [1.807, 2.05) is 24.3 Å². The van der Waals surface area contributed by atoms with Crippen LogP contribution in [-0.4, -0.2) is 32.3 Å². The highest BCUT2D eigenvalue weighted by Crippen LogP contribution is 2.22. The van der Waals surface area contributed by atoms with Gasteiger partial charge in [-0.2, -0.15) is 5.21 Å². The van der Waals surface area contributed by atoms with Crippen LogP contribution in [0.2, 0.25) is 0 Å². The third kappa shape index (κ3) is 1.93. The van der Waals surface area contributed by atoms with Crippen LogP contribution < -0.4 is 5.73 Å². The monoisotopic (exact) mass is 219 g/mol. The van der Waals surface area contributed by atoms with Crippen LogP contribution in [0.1, 0.15) is 12.5 Å². The molecule has 6 nitrogen and oxygen atoms in total. The zero-order chi connectivity index (χ0) is 11.6. The maximum atomic E-state index is 9.19. The topological polar surface area (TPSA) is 101 Å². The summed E-state index contributed by atoms with van der Waals surface area (Å²) in [6.45, 7) is 1.64. The zero-order valence-electron chi connectivity index (χ0n) is 8.88. The maximum absolute atomic E-state index is 9.19. The van der Waals surface area contributed by atoms with Crippen molar-refractivity contribution in [2.45, 2.75) is 12.5 Å². The minimum Gasteiger partial charge on any atom is -0.394 e. The molecule has 1 aromatic heterocycles. The van der Waals surface area contributed by atoms with Gasteiger partial charge in [0.05, 0.1) is 12.1 Å². The number of H-pyrrole nitrogens is 1. The summed E-state index contributed by atoms with van der Waals surface area (Å²) >= 11 is 0. The number of rotatable bonds is 3. The molecule has 6 heteroatoms. The van der Waals surface area contributed by atoms with Crippen LogP contribution in [0.3, 0.4) is 0 Å². The normalized spacial score (nSPS) is 14.7. The Bertz CT molecular complexity index is 466. The third-order valence-electron chi connectivity index (χ3n) is 2.45. The zero-order valence-corrected chi connectivity index (χ0v) is 8.88. The van der Waals surface area contributed by atoms with E-state index in [0.29, 0.717) is 5.82 Å². The van der Waals surface area contributed by atoms with Gasteiger partial charge in [0, 0.05) is 5.56 Å². The molecule has 0 fully saturated rings. The molecule has 2 aromatic rings. The second kappa shape index (κ2) is 3.99. The van der Waals surface area contributed by atoms with Gasteiger partial charge in [-0.15, -0.1) is 10.2 Å². The maximum Gasteiger partial charge on any atom is 0.204 e. The summed E-state index contributed by atoms with van der Waals surface area (Å²) in [6, 6.07) is 7.42. The van der Waals surface area contributed by atoms with Gasteiger partial charge in [-0.3, -0.25) is 0 Å². The first-order chi connectivity index (χ1) is 7.63. The number of hydrogen-bond donors (Lipinski definition) is 3. The van der Waals surface area contributed by atoms with Crippen molar-refractivity contribution in [1.29, 1.82) is 0 Å². The quantitative estimate of drug-likeness (QED) is 0.676. The van der Waals surface area contributed by atoms with E-state index in [4.69, 9.17) is 5.73 Å². The lowest BCUT2D eigenvalue weighted by Crippen LogP contribution is -2.36. The number of nitrogens with two attached hydrogens (primary N) is 1. The van der Waals surface area contributed by atoms with E-state index in [2.05, 4.69) is 20.6 Å². The van der Waals surface area contributed by atoms with Crippen LogP contribution in [0.25, 0.3) is 11.4 Å². The first kappa shape index (κ1) is 10.7. The molecule has 1 heterocycles. The fraction of sp³-hybridized carbons (Fsp3) is 0.300. The van der Waals surface area contributed by atoms with Crippen molar-refractivity contribution in [1.82, 2.24) is 20.6 Å². The highest BCUT2D eigenvalue weighted by Gasteiger charge is 2.20. The van der Waals surface area contributed by atoms with Crippen molar-refractivity contribution in [3.63, 3.8) is 0 Å². The smallest absolute Gasteiger partial charge is 0.204 e. The Morgan fingerprint density at radius 2 is 2.31 bits per heavy atom. The fourth-order valence-electron chi connectivity index (χ4n) is 1.39. The van der Waals surface area contributed by atoms with Crippen molar-refractivity contribution in [3.8, 4) is 11.4 Å². The standard InChI is InChI=1S/C10H13N5O/c1-10(11,6-16)8-4-2-3-7(5-8)9-12-14-15-13-9/h2-5,16H,6,11H2,1H3,(H,12,13,14,15). The van der Waals surface area contributed by atoms with Crippen molar-refractivity contribution >= 4 is 0 Å². The Balaban J connectivity index is 2.41. The molecule has 0 aliphatic heterocycles. The molecule has 16 heavy (non-hydrogen) atoms. The van der Waals surface area contributed by atoms with E-state index >= 15 is 0 Å². The average molecular weight is 219 g/mol. The summed E-state index contributed by atoms with van der Waals surface area (Å²) in [5.41, 5.74) is 6.83. The van der Waals surface area contributed by atoms with Crippen molar-refractivity contribution in [2.75, 3.05) is 6.61 Å². The molecule has 4 N–H and O–H groups in total. The van der Waals surface area contributed by atoms with Crippen LogP contribution in [0.5, 0.6) is 0 Å². The molecule has 0 bridgehead atoms. The molecule has 0 saturated heterocycles. The number of aromatic nitrogens is 4. The molecule has 2 rings (SSSR count). The van der Waals surface area contributed by atoms with Gasteiger partial charge < -0.3 is 10.8 Å². The van der Waals surface area contributed by atoms with Crippen LogP contribution in [0.4, 0.5) is 0 Å². The number of nitrogens with zero attached hydrogens (tertiary/aromatic N) is 3. The lowest BCUT2D eigenvalue weighted by atomic mass is 9.93. The van der Waals surface area contributed by atoms with Gasteiger partial charge in [0.15, 0.2) is 0 Å². The lowest BCUT2D eigenvalue weighted by Gasteiger charge is -2.22. The number of aromatic amines is 1. The van der Waals surface area contributed by atoms with Gasteiger partial charge >= 0.3 is 0 Å². The van der Waals surface area contributed by atoms with Crippen LogP contribution in [-0.2, 0) is 5.54 Å². The molecule has 0 aliphatic carbocycles. The van der Waals surface area contributed by atoms with Crippen LogP contribution in [0.15, 0.2) is 24.3 Å². The summed E-state index contributed by atoms with van der Waals surface area (Å²) in [7, 11) is 0. The largest absolute Gasteiger partial charge is 0.394 e. The van der Waals surface area contributed by atoms with Crippen molar-refractivity contribution < 1.29 is 5.11 Å². The van der Waals surface area contributed by atoms with Gasteiger partial charge in [-0.1, -0.05) is 18.2 Å². The highest BCUT2D eigenvalue weighted by molar-refractivity contribution is 5.55. The van der Waals surface area contributed by atoms with Gasteiger partial charge in [0.2, 0.25) is 5.82 Å². The molecule has 0 radical (unpaired) electrons. The van der Waals surface area contributed by atoms with E-state index in [0.717, 1.165) is 11.1 Å². The summed E-state index contributed by atoms with van der Waals surface area (Å²) in [4.78, 5) is 0. The molecule has 1 aromatic carbocycles. The Labute approximate surface area is 92.5 Å². The molecule has 0 spiro atoms. The molecular formula is C10H13N5O. The Morgan fingerprint density at radius 3 is 2.94 bits per heavy atom. The minimum absolute atomic E-state index is 0.122. The second-order valence-corrected chi connectivity index (χ2v) is 3.89. The van der Waals surface area contributed by atoms with E-state index in [-0.39, 0.29) is 6.61 Å². The molecule has 0 saturated carbocycles. The Morgan fingerprint density at radius 1 is 1.50 bits per heavy atom. The van der Waals surface area contributed by atoms with Gasteiger partial charge in [-0.25, -0.2) is 0 Å². The average Bonchev–Trinajstić information content (AvgIpc) is 2.83. The van der Waals surface area contributed by atoms with Gasteiger partial charge in [0.1, 0.15) is 0 Å². The van der Waals surface area contributed by atoms with Gasteiger partial charge in [-0.05, 0) is 23.8 Å². The second-order valence-electron chi connectivity index (χ2n) is 3.89. The van der Waals surface area contributed by atoms with E-state index in [9.17, 15) is 5.11 Å². The highest BCUT2D eigenvalue weighted by atomic mass is 16.3. The van der Waals surface area contributed by atoms with Crippen LogP contribution >= 0.6 is 0 Å². The van der Waals surface area contributed by atoms with Crippen molar-refractivity contribution in [3.05, 3.63) is 29.8 Å². The predicted molar refractivity (Wildman–Crippen MR) is 58.2 cm³/mol. The third-order valence-corrected chi connectivity index (χ3v) is 2.45. The first-order valence-electron chi connectivity index (χ1n) is 4.87. The van der Waals surface area contributed by atoms with E-state index in [1.54, 1.807) is 6.92 Å². The number of benzene rings is 1. The number of nitrogens with one attached hydrogen (secondary N) is 1. The summed E-state index contributed by atoms with van der Waals surface area (Å²) in [6.07, 6.45) is 0. The van der Waals surface area contributed by atoms with E-state index < -0.39 is 5.54 Å². The summed E-state index contributed by atoms with van der Waals surface area (Å²) in [5, 5.41) is 22.8. The molecule has 1 unspecified atom stereocenters. The van der Waals surface area contributed by atoms with E-state index in [1.165, 1.54) is 0 Å². The molecule has 84 valence electrons. The predicted octanol–water partition coefficient (Wildman–Crippen LogP) is 0.0329. The number of aliphatic hydroxyl groups excluding tert-OH is 1. The van der Waals surface area contributed by atoms with Crippen LogP contribution in [0, 0.1) is 0 Å². The van der Waals surface area contributed by atoms with Gasteiger partial charge in [0.25, 0.3) is 0 Å².